The first-order valence-corrected chi connectivity index (χ1v) is 9.76. The van der Waals surface area contributed by atoms with Gasteiger partial charge in [0.1, 0.15) is 12.3 Å². The molecule has 0 unspecified atom stereocenters. The summed E-state index contributed by atoms with van der Waals surface area (Å²) in [5.74, 6) is 0.218. The molecule has 0 spiro atoms. The van der Waals surface area contributed by atoms with Gasteiger partial charge in [-0.3, -0.25) is 4.72 Å². The molecule has 0 bridgehead atoms. The lowest BCUT2D eigenvalue weighted by molar-refractivity contribution is -0.918. The zero-order chi connectivity index (χ0) is 17.0. The largest absolute Gasteiger partial charge is 0.507 e. The number of benzene rings is 2. The zero-order valence-corrected chi connectivity index (χ0v) is 14.3. The van der Waals surface area contributed by atoms with Crippen molar-refractivity contribution in [3.05, 3.63) is 54.1 Å². The molecular weight excluding hydrogens is 324 g/mol. The average Bonchev–Trinajstić information content (AvgIpc) is 2.59. The number of nitrogens with one attached hydrogen (secondary N) is 2. The van der Waals surface area contributed by atoms with Crippen molar-refractivity contribution in [2.24, 2.45) is 0 Å². The fraction of sp³-hybridized carbons (Fsp3) is 0.333. The molecule has 24 heavy (non-hydrogen) atoms. The van der Waals surface area contributed by atoms with E-state index in [0.717, 1.165) is 18.7 Å². The van der Waals surface area contributed by atoms with Crippen LogP contribution in [0.2, 0.25) is 0 Å². The molecule has 3 rings (SSSR count). The number of piperidine rings is 1. The van der Waals surface area contributed by atoms with Crippen LogP contribution in [0.3, 0.4) is 0 Å². The highest BCUT2D eigenvalue weighted by atomic mass is 32.2. The Hall–Kier alpha value is -2.05. The van der Waals surface area contributed by atoms with Crippen molar-refractivity contribution in [3.8, 4) is 5.75 Å². The first-order chi connectivity index (χ1) is 11.5. The number of phenols is 1. The molecule has 1 aliphatic rings. The highest BCUT2D eigenvalue weighted by Crippen LogP contribution is 2.23. The van der Waals surface area contributed by atoms with Gasteiger partial charge in [0, 0.05) is 5.69 Å². The minimum atomic E-state index is -3.61. The van der Waals surface area contributed by atoms with E-state index in [0.29, 0.717) is 12.2 Å². The molecule has 0 amide bonds. The van der Waals surface area contributed by atoms with Gasteiger partial charge in [-0.15, -0.1) is 0 Å². The molecule has 2 aromatic rings. The van der Waals surface area contributed by atoms with E-state index in [2.05, 4.69) is 4.72 Å². The van der Waals surface area contributed by atoms with E-state index in [4.69, 9.17) is 0 Å². The third-order valence-electron chi connectivity index (χ3n) is 4.39. The summed E-state index contributed by atoms with van der Waals surface area (Å²) in [5.41, 5.74) is 1.25. The molecule has 3 N–H and O–H groups in total. The van der Waals surface area contributed by atoms with Crippen LogP contribution in [0.15, 0.2) is 53.4 Å². The highest BCUT2D eigenvalue weighted by molar-refractivity contribution is 7.92. The second-order valence-corrected chi connectivity index (χ2v) is 7.93. The van der Waals surface area contributed by atoms with Gasteiger partial charge < -0.3 is 10.0 Å². The Balaban J connectivity index is 1.78. The molecule has 1 aliphatic heterocycles. The third-order valence-corrected chi connectivity index (χ3v) is 5.78. The van der Waals surface area contributed by atoms with Gasteiger partial charge in [0.15, 0.2) is 0 Å². The summed E-state index contributed by atoms with van der Waals surface area (Å²) < 4.78 is 27.4. The number of sulfonamides is 1. The molecule has 0 aromatic heterocycles. The number of rotatable bonds is 5. The Labute approximate surface area is 143 Å². The molecule has 1 saturated heterocycles. The van der Waals surface area contributed by atoms with Crippen LogP contribution in [0.5, 0.6) is 5.75 Å². The quantitative estimate of drug-likeness (QED) is 0.722. The molecule has 0 saturated carbocycles. The fourth-order valence-corrected chi connectivity index (χ4v) is 4.17. The SMILES string of the molecule is O=S(=O)(Nc1ccc(O)c(C[NH+]2CCCCC2)c1)c1ccccc1. The van der Waals surface area contributed by atoms with Crippen LogP contribution >= 0.6 is 0 Å². The van der Waals surface area contributed by atoms with Crippen molar-refractivity contribution in [1.82, 2.24) is 0 Å². The van der Waals surface area contributed by atoms with Crippen LogP contribution in [0.4, 0.5) is 5.69 Å². The minimum Gasteiger partial charge on any atom is -0.507 e. The van der Waals surface area contributed by atoms with Gasteiger partial charge >= 0.3 is 0 Å². The molecule has 0 radical (unpaired) electrons. The van der Waals surface area contributed by atoms with Gasteiger partial charge in [0.05, 0.1) is 23.5 Å². The summed E-state index contributed by atoms with van der Waals surface area (Å²) in [4.78, 5) is 1.65. The molecule has 0 atom stereocenters. The van der Waals surface area contributed by atoms with Crippen LogP contribution in [0.1, 0.15) is 24.8 Å². The predicted molar refractivity (Wildman–Crippen MR) is 93.6 cm³/mol. The van der Waals surface area contributed by atoms with Crippen molar-refractivity contribution in [2.75, 3.05) is 17.8 Å². The molecule has 128 valence electrons. The number of anilines is 1. The van der Waals surface area contributed by atoms with Crippen molar-refractivity contribution in [1.29, 1.82) is 0 Å². The van der Waals surface area contributed by atoms with Crippen molar-refractivity contribution in [3.63, 3.8) is 0 Å². The maximum absolute atomic E-state index is 12.4. The van der Waals surface area contributed by atoms with E-state index in [-0.39, 0.29) is 10.6 Å². The van der Waals surface area contributed by atoms with E-state index >= 15 is 0 Å². The lowest BCUT2D eigenvalue weighted by atomic mass is 10.1. The first-order valence-electron chi connectivity index (χ1n) is 8.28. The molecule has 0 aliphatic carbocycles. The van der Waals surface area contributed by atoms with Crippen LogP contribution in [-0.4, -0.2) is 26.6 Å². The van der Waals surface area contributed by atoms with Crippen LogP contribution in [0.25, 0.3) is 0 Å². The Morgan fingerprint density at radius 3 is 2.42 bits per heavy atom. The second-order valence-electron chi connectivity index (χ2n) is 6.25. The number of hydrogen-bond acceptors (Lipinski definition) is 3. The minimum absolute atomic E-state index is 0.218. The summed E-state index contributed by atoms with van der Waals surface area (Å²) >= 11 is 0. The van der Waals surface area contributed by atoms with Crippen LogP contribution in [0, 0.1) is 0 Å². The summed E-state index contributed by atoms with van der Waals surface area (Å²) in [6.45, 7) is 2.91. The third kappa shape index (κ3) is 4.07. The van der Waals surface area contributed by atoms with E-state index in [1.807, 2.05) is 0 Å². The number of likely N-dealkylation sites (tertiary alicyclic amines) is 1. The number of phenolic OH excluding ortho intramolecular Hbond substituents is 1. The average molecular weight is 347 g/mol. The Morgan fingerprint density at radius 1 is 1.00 bits per heavy atom. The van der Waals surface area contributed by atoms with Crippen LogP contribution < -0.4 is 9.62 Å². The van der Waals surface area contributed by atoms with E-state index in [1.165, 1.54) is 24.2 Å². The fourth-order valence-electron chi connectivity index (χ4n) is 3.10. The summed E-state index contributed by atoms with van der Waals surface area (Å²) in [7, 11) is -3.61. The molecule has 5 nitrogen and oxygen atoms in total. The molecule has 2 aromatic carbocycles. The lowest BCUT2D eigenvalue weighted by Gasteiger charge is -2.24. The summed E-state index contributed by atoms with van der Waals surface area (Å²) in [5, 5.41) is 10.1. The number of quaternary nitrogens is 1. The van der Waals surface area contributed by atoms with Gasteiger partial charge in [0.25, 0.3) is 10.0 Å². The molecule has 1 fully saturated rings. The van der Waals surface area contributed by atoms with Crippen LogP contribution in [-0.2, 0) is 16.6 Å². The first kappa shape index (κ1) is 16.8. The Bertz CT molecular complexity index is 785. The molecule has 1 heterocycles. The molecular formula is C18H23N2O3S+. The maximum atomic E-state index is 12.4. The van der Waals surface area contributed by atoms with Gasteiger partial charge in [-0.25, -0.2) is 8.42 Å². The monoisotopic (exact) mass is 347 g/mol. The summed E-state index contributed by atoms with van der Waals surface area (Å²) in [6, 6.07) is 13.2. The van der Waals surface area contributed by atoms with E-state index in [9.17, 15) is 13.5 Å². The smallest absolute Gasteiger partial charge is 0.261 e. The van der Waals surface area contributed by atoms with Gasteiger partial charge in [-0.2, -0.15) is 0 Å². The van der Waals surface area contributed by atoms with Gasteiger partial charge in [0.2, 0.25) is 0 Å². The van der Waals surface area contributed by atoms with Gasteiger partial charge in [-0.05, 0) is 49.6 Å². The lowest BCUT2D eigenvalue weighted by Crippen LogP contribution is -3.11. The Kier molecular flexibility index (Phi) is 5.06. The Morgan fingerprint density at radius 2 is 1.71 bits per heavy atom. The number of aromatic hydroxyl groups is 1. The van der Waals surface area contributed by atoms with Crippen molar-refractivity contribution < 1.29 is 18.4 Å². The molecule has 6 heteroatoms. The van der Waals surface area contributed by atoms with E-state index < -0.39 is 10.0 Å². The van der Waals surface area contributed by atoms with Gasteiger partial charge in [-0.1, -0.05) is 18.2 Å². The second kappa shape index (κ2) is 7.23. The van der Waals surface area contributed by atoms with E-state index in [1.54, 1.807) is 48.5 Å². The zero-order valence-electron chi connectivity index (χ0n) is 13.5. The van der Waals surface area contributed by atoms with Crippen molar-refractivity contribution in [2.45, 2.75) is 30.7 Å². The summed E-state index contributed by atoms with van der Waals surface area (Å²) in [6.07, 6.45) is 3.68. The number of hydrogen-bond donors (Lipinski definition) is 3. The normalized spacial score (nSPS) is 16.0. The maximum Gasteiger partial charge on any atom is 0.261 e. The van der Waals surface area contributed by atoms with Crippen molar-refractivity contribution >= 4 is 15.7 Å². The highest BCUT2D eigenvalue weighted by Gasteiger charge is 2.18. The topological polar surface area (TPSA) is 70.8 Å². The standard InChI is InChI=1S/C18H22N2O3S/c21-18-10-9-16(13-15(18)14-20-11-5-2-6-12-20)19-24(22,23)17-7-3-1-4-8-17/h1,3-4,7-10,13,19,21H,2,5-6,11-12,14H2/p+1. The predicted octanol–water partition coefficient (Wildman–Crippen LogP) is 1.76.